The number of nitrogens with one attached hydrogen (secondary N) is 2. The number of benzene rings is 1. The predicted molar refractivity (Wildman–Crippen MR) is 72.4 cm³/mol. The Morgan fingerprint density at radius 2 is 2.00 bits per heavy atom. The molecule has 94 valence electrons. The highest BCUT2D eigenvalue weighted by Crippen LogP contribution is 2.28. The van der Waals surface area contributed by atoms with E-state index in [2.05, 4.69) is 38.7 Å². The molecule has 1 aromatic heterocycles. The van der Waals surface area contributed by atoms with Gasteiger partial charge in [-0.25, -0.2) is 4.98 Å². The van der Waals surface area contributed by atoms with Gasteiger partial charge in [0.2, 0.25) is 0 Å². The highest BCUT2D eigenvalue weighted by atomic mass is 15.2. The second-order valence-corrected chi connectivity index (χ2v) is 4.92. The molecule has 0 aliphatic heterocycles. The van der Waals surface area contributed by atoms with Gasteiger partial charge in [0.05, 0.1) is 0 Å². The summed E-state index contributed by atoms with van der Waals surface area (Å²) in [4.78, 5) is 4.41. The van der Waals surface area contributed by atoms with E-state index in [1.54, 1.807) is 0 Å². The molecule has 4 nitrogen and oxygen atoms in total. The van der Waals surface area contributed by atoms with Crippen molar-refractivity contribution in [3.05, 3.63) is 30.1 Å². The zero-order valence-corrected chi connectivity index (χ0v) is 10.6. The fourth-order valence-corrected chi connectivity index (χ4v) is 2.56. The molecule has 0 amide bonds. The van der Waals surface area contributed by atoms with Crippen molar-refractivity contribution in [1.82, 2.24) is 15.2 Å². The molecule has 4 heteroatoms. The molecule has 0 radical (unpaired) electrons. The summed E-state index contributed by atoms with van der Waals surface area (Å²) in [5, 5.41) is 10.8. The number of nitrogens with zero attached hydrogens (tertiary/aromatic N) is 2. The standard InChI is InChI=1S/C14H18N4/c1-10-15-14(18-17-10)12-8-4-5-9-13(12)16-11-6-2-3-7-11/h4-5,8-9,11,16H,2-3,6-7H2,1H3,(H,15,17,18). The van der Waals surface area contributed by atoms with Crippen LogP contribution in [0.5, 0.6) is 0 Å². The third-order valence-electron chi connectivity index (χ3n) is 3.48. The first-order chi connectivity index (χ1) is 8.83. The quantitative estimate of drug-likeness (QED) is 0.869. The summed E-state index contributed by atoms with van der Waals surface area (Å²) in [7, 11) is 0. The van der Waals surface area contributed by atoms with Gasteiger partial charge in [-0.15, -0.1) is 0 Å². The van der Waals surface area contributed by atoms with E-state index in [9.17, 15) is 0 Å². The highest BCUT2D eigenvalue weighted by molar-refractivity contribution is 5.73. The number of hydrogen-bond donors (Lipinski definition) is 2. The maximum Gasteiger partial charge on any atom is 0.183 e. The smallest absolute Gasteiger partial charge is 0.183 e. The number of para-hydroxylation sites is 1. The lowest BCUT2D eigenvalue weighted by atomic mass is 10.1. The van der Waals surface area contributed by atoms with E-state index in [0.29, 0.717) is 6.04 Å². The molecule has 0 saturated heterocycles. The van der Waals surface area contributed by atoms with Crippen molar-refractivity contribution in [3.8, 4) is 11.4 Å². The lowest BCUT2D eigenvalue weighted by molar-refractivity contribution is 0.756. The summed E-state index contributed by atoms with van der Waals surface area (Å²) < 4.78 is 0. The number of aryl methyl sites for hydroxylation is 1. The van der Waals surface area contributed by atoms with Gasteiger partial charge >= 0.3 is 0 Å². The summed E-state index contributed by atoms with van der Waals surface area (Å²) in [5.41, 5.74) is 2.22. The Morgan fingerprint density at radius 3 is 2.72 bits per heavy atom. The van der Waals surface area contributed by atoms with Crippen molar-refractivity contribution < 1.29 is 0 Å². The first kappa shape index (κ1) is 11.3. The van der Waals surface area contributed by atoms with Crippen molar-refractivity contribution >= 4 is 5.69 Å². The molecule has 0 atom stereocenters. The number of rotatable bonds is 3. The second kappa shape index (κ2) is 4.80. The first-order valence-corrected chi connectivity index (χ1v) is 6.58. The zero-order chi connectivity index (χ0) is 12.4. The molecule has 3 rings (SSSR count). The Bertz CT molecular complexity index is 526. The molecule has 1 heterocycles. The van der Waals surface area contributed by atoms with E-state index in [0.717, 1.165) is 22.9 Å². The Morgan fingerprint density at radius 1 is 1.22 bits per heavy atom. The zero-order valence-electron chi connectivity index (χ0n) is 10.6. The summed E-state index contributed by atoms with van der Waals surface area (Å²) in [6.45, 7) is 1.92. The number of hydrogen-bond acceptors (Lipinski definition) is 3. The van der Waals surface area contributed by atoms with E-state index in [1.807, 2.05) is 13.0 Å². The van der Waals surface area contributed by atoms with E-state index in [1.165, 1.54) is 25.7 Å². The molecule has 1 aliphatic rings. The minimum Gasteiger partial charge on any atom is -0.382 e. The molecule has 2 aromatic rings. The second-order valence-electron chi connectivity index (χ2n) is 4.92. The van der Waals surface area contributed by atoms with Crippen molar-refractivity contribution in [2.45, 2.75) is 38.6 Å². The number of anilines is 1. The molecule has 0 unspecified atom stereocenters. The number of aromatic amines is 1. The summed E-state index contributed by atoms with van der Waals surface area (Å²) >= 11 is 0. The van der Waals surface area contributed by atoms with Crippen LogP contribution in [0.1, 0.15) is 31.5 Å². The SMILES string of the molecule is Cc1nc(-c2ccccc2NC2CCCC2)n[nH]1. The van der Waals surface area contributed by atoms with E-state index >= 15 is 0 Å². The molecule has 2 N–H and O–H groups in total. The van der Waals surface area contributed by atoms with E-state index in [-0.39, 0.29) is 0 Å². The van der Waals surface area contributed by atoms with Crippen molar-refractivity contribution in [3.63, 3.8) is 0 Å². The van der Waals surface area contributed by atoms with Crippen LogP contribution in [0, 0.1) is 6.92 Å². The van der Waals surface area contributed by atoms with Crippen LogP contribution in [0.15, 0.2) is 24.3 Å². The molecular formula is C14H18N4. The van der Waals surface area contributed by atoms with Crippen LogP contribution in [0.25, 0.3) is 11.4 Å². The average molecular weight is 242 g/mol. The van der Waals surface area contributed by atoms with Crippen LogP contribution in [0.3, 0.4) is 0 Å². The van der Waals surface area contributed by atoms with Gasteiger partial charge < -0.3 is 5.32 Å². The topological polar surface area (TPSA) is 53.6 Å². The lowest BCUT2D eigenvalue weighted by Gasteiger charge is -2.15. The molecule has 18 heavy (non-hydrogen) atoms. The largest absolute Gasteiger partial charge is 0.382 e. The van der Waals surface area contributed by atoms with E-state index in [4.69, 9.17) is 0 Å². The Balaban J connectivity index is 1.89. The Kier molecular flexibility index (Phi) is 3.00. The number of aromatic nitrogens is 3. The highest BCUT2D eigenvalue weighted by Gasteiger charge is 2.17. The van der Waals surface area contributed by atoms with Gasteiger partial charge in [0.15, 0.2) is 5.82 Å². The van der Waals surface area contributed by atoms with Gasteiger partial charge in [-0.2, -0.15) is 5.10 Å². The molecular weight excluding hydrogens is 224 g/mol. The summed E-state index contributed by atoms with van der Waals surface area (Å²) in [6.07, 6.45) is 5.20. The average Bonchev–Trinajstić information content (AvgIpc) is 3.02. The third kappa shape index (κ3) is 2.23. The van der Waals surface area contributed by atoms with Gasteiger partial charge in [0, 0.05) is 17.3 Å². The fourth-order valence-electron chi connectivity index (χ4n) is 2.56. The van der Waals surface area contributed by atoms with Crippen LogP contribution in [-0.2, 0) is 0 Å². The normalized spacial score (nSPS) is 16.1. The predicted octanol–water partition coefficient (Wildman–Crippen LogP) is 3.13. The van der Waals surface area contributed by atoms with Crippen molar-refractivity contribution in [2.24, 2.45) is 0 Å². The molecule has 0 spiro atoms. The minimum atomic E-state index is 0.603. The maximum atomic E-state index is 4.41. The summed E-state index contributed by atoms with van der Waals surface area (Å²) in [6, 6.07) is 8.87. The molecule has 1 aliphatic carbocycles. The molecule has 1 aromatic carbocycles. The van der Waals surface area contributed by atoms with Gasteiger partial charge in [-0.05, 0) is 31.9 Å². The lowest BCUT2D eigenvalue weighted by Crippen LogP contribution is -2.15. The van der Waals surface area contributed by atoms with Crippen molar-refractivity contribution in [2.75, 3.05) is 5.32 Å². The van der Waals surface area contributed by atoms with Gasteiger partial charge in [0.1, 0.15) is 5.82 Å². The van der Waals surface area contributed by atoms with Gasteiger partial charge in [0.25, 0.3) is 0 Å². The number of H-pyrrole nitrogens is 1. The summed E-state index contributed by atoms with van der Waals surface area (Å²) in [5.74, 6) is 1.62. The van der Waals surface area contributed by atoms with Crippen LogP contribution < -0.4 is 5.32 Å². The minimum absolute atomic E-state index is 0.603. The maximum absolute atomic E-state index is 4.41. The van der Waals surface area contributed by atoms with Crippen LogP contribution in [-0.4, -0.2) is 21.2 Å². The third-order valence-corrected chi connectivity index (χ3v) is 3.48. The Labute approximate surface area is 107 Å². The molecule has 1 saturated carbocycles. The first-order valence-electron chi connectivity index (χ1n) is 6.58. The van der Waals surface area contributed by atoms with Crippen LogP contribution >= 0.6 is 0 Å². The van der Waals surface area contributed by atoms with E-state index < -0.39 is 0 Å². The monoisotopic (exact) mass is 242 g/mol. The van der Waals surface area contributed by atoms with Crippen molar-refractivity contribution in [1.29, 1.82) is 0 Å². The van der Waals surface area contributed by atoms with Crippen LogP contribution in [0.2, 0.25) is 0 Å². The molecule has 0 bridgehead atoms. The molecule has 1 fully saturated rings. The fraction of sp³-hybridized carbons (Fsp3) is 0.429. The Hall–Kier alpha value is -1.84. The van der Waals surface area contributed by atoms with Gasteiger partial charge in [-0.3, -0.25) is 5.10 Å². The van der Waals surface area contributed by atoms with Crippen LogP contribution in [0.4, 0.5) is 5.69 Å². The van der Waals surface area contributed by atoms with Gasteiger partial charge in [-0.1, -0.05) is 25.0 Å².